The van der Waals surface area contributed by atoms with Crippen LogP contribution in [0.25, 0.3) is 10.6 Å². The largest absolute Gasteiger partial charge is 0.355 e. The molecule has 2 aromatic rings. The van der Waals surface area contributed by atoms with Crippen molar-refractivity contribution >= 4 is 17.2 Å². The molecule has 0 saturated carbocycles. The predicted octanol–water partition coefficient (Wildman–Crippen LogP) is 3.81. The molecule has 3 heterocycles. The summed E-state index contributed by atoms with van der Waals surface area (Å²) in [6, 6.07) is 6.03. The van der Waals surface area contributed by atoms with Crippen molar-refractivity contribution in [2.24, 2.45) is 0 Å². The SMILES string of the molecule is CC[C@H]1CCCCN1C(=O)c1cc(-c2cccs2)on1. The Labute approximate surface area is 122 Å². The Hall–Kier alpha value is -1.62. The molecular formula is C15H18N2O2S. The fraction of sp³-hybridized carbons (Fsp3) is 0.467. The Balaban J connectivity index is 1.80. The lowest BCUT2D eigenvalue weighted by atomic mass is 9.99. The Morgan fingerprint density at radius 3 is 3.20 bits per heavy atom. The van der Waals surface area contributed by atoms with Crippen LogP contribution in [0.2, 0.25) is 0 Å². The monoisotopic (exact) mass is 290 g/mol. The van der Waals surface area contributed by atoms with Gasteiger partial charge in [0.2, 0.25) is 0 Å². The molecule has 3 rings (SSSR count). The summed E-state index contributed by atoms with van der Waals surface area (Å²) in [6.45, 7) is 2.97. The summed E-state index contributed by atoms with van der Waals surface area (Å²) in [6.07, 6.45) is 4.39. The van der Waals surface area contributed by atoms with Gasteiger partial charge in [0.25, 0.3) is 5.91 Å². The standard InChI is InChI=1S/C15H18N2O2S/c1-2-11-6-3-4-8-17(11)15(18)12-10-13(19-16-12)14-7-5-9-20-14/h5,7,9-11H,2-4,6,8H2,1H3/t11-/m0/s1. The quantitative estimate of drug-likeness (QED) is 0.863. The van der Waals surface area contributed by atoms with E-state index in [0.29, 0.717) is 17.5 Å². The molecule has 106 valence electrons. The highest BCUT2D eigenvalue weighted by Crippen LogP contribution is 2.27. The first kappa shape index (κ1) is 13.4. The number of thiophene rings is 1. The van der Waals surface area contributed by atoms with E-state index in [9.17, 15) is 4.79 Å². The Morgan fingerprint density at radius 2 is 2.45 bits per heavy atom. The van der Waals surface area contributed by atoms with Crippen LogP contribution in [0.5, 0.6) is 0 Å². The number of carbonyl (C=O) groups is 1. The maximum Gasteiger partial charge on any atom is 0.276 e. The van der Waals surface area contributed by atoms with Gasteiger partial charge in [-0.05, 0) is 37.1 Å². The van der Waals surface area contributed by atoms with Gasteiger partial charge >= 0.3 is 0 Å². The van der Waals surface area contributed by atoms with E-state index in [1.165, 1.54) is 6.42 Å². The van der Waals surface area contributed by atoms with E-state index < -0.39 is 0 Å². The third kappa shape index (κ3) is 2.50. The van der Waals surface area contributed by atoms with Gasteiger partial charge in [0.1, 0.15) is 0 Å². The van der Waals surface area contributed by atoms with Crippen LogP contribution in [0.15, 0.2) is 28.1 Å². The fourth-order valence-corrected chi connectivity index (χ4v) is 3.42. The smallest absolute Gasteiger partial charge is 0.276 e. The first-order valence-electron chi connectivity index (χ1n) is 7.11. The second-order valence-corrected chi connectivity index (χ2v) is 6.06. The number of piperidine rings is 1. The van der Waals surface area contributed by atoms with Crippen LogP contribution in [0.1, 0.15) is 43.1 Å². The summed E-state index contributed by atoms with van der Waals surface area (Å²) >= 11 is 1.58. The minimum absolute atomic E-state index is 0.00288. The number of amides is 1. The highest BCUT2D eigenvalue weighted by atomic mass is 32.1. The van der Waals surface area contributed by atoms with Crippen molar-refractivity contribution in [2.75, 3.05) is 6.54 Å². The average molecular weight is 290 g/mol. The molecule has 1 atom stereocenters. The predicted molar refractivity (Wildman–Crippen MR) is 78.8 cm³/mol. The molecule has 0 radical (unpaired) electrons. The second kappa shape index (κ2) is 5.79. The fourth-order valence-electron chi connectivity index (χ4n) is 2.75. The van der Waals surface area contributed by atoms with Crippen molar-refractivity contribution in [3.05, 3.63) is 29.3 Å². The summed E-state index contributed by atoms with van der Waals surface area (Å²) in [7, 11) is 0. The zero-order chi connectivity index (χ0) is 13.9. The number of aromatic nitrogens is 1. The highest BCUT2D eigenvalue weighted by Gasteiger charge is 2.28. The van der Waals surface area contributed by atoms with Crippen LogP contribution >= 0.6 is 11.3 Å². The lowest BCUT2D eigenvalue weighted by molar-refractivity contribution is 0.0597. The van der Waals surface area contributed by atoms with Crippen LogP contribution in [0.4, 0.5) is 0 Å². The molecule has 2 aromatic heterocycles. The molecule has 0 aliphatic carbocycles. The third-order valence-electron chi connectivity index (χ3n) is 3.85. The molecule has 0 bridgehead atoms. The van der Waals surface area contributed by atoms with Gasteiger partial charge in [-0.1, -0.05) is 18.1 Å². The molecule has 0 unspecified atom stereocenters. The summed E-state index contributed by atoms with van der Waals surface area (Å²) in [5, 5.41) is 5.94. The van der Waals surface area contributed by atoms with E-state index >= 15 is 0 Å². The van der Waals surface area contributed by atoms with Crippen LogP contribution in [0.3, 0.4) is 0 Å². The van der Waals surface area contributed by atoms with E-state index in [1.807, 2.05) is 22.4 Å². The topological polar surface area (TPSA) is 46.3 Å². The molecule has 0 aromatic carbocycles. The second-order valence-electron chi connectivity index (χ2n) is 5.11. The van der Waals surface area contributed by atoms with E-state index in [4.69, 9.17) is 4.52 Å². The summed E-state index contributed by atoms with van der Waals surface area (Å²) < 4.78 is 5.30. The van der Waals surface area contributed by atoms with Crippen molar-refractivity contribution < 1.29 is 9.32 Å². The van der Waals surface area contributed by atoms with Gasteiger partial charge in [0.05, 0.1) is 4.88 Å². The molecule has 1 saturated heterocycles. The van der Waals surface area contributed by atoms with Gasteiger partial charge in [-0.15, -0.1) is 11.3 Å². The molecular weight excluding hydrogens is 272 g/mol. The van der Waals surface area contributed by atoms with Gasteiger partial charge < -0.3 is 9.42 Å². The van der Waals surface area contributed by atoms with Gasteiger partial charge in [0.15, 0.2) is 11.5 Å². The van der Waals surface area contributed by atoms with Gasteiger partial charge in [0, 0.05) is 18.7 Å². The molecule has 0 spiro atoms. The zero-order valence-electron chi connectivity index (χ0n) is 11.5. The number of hydrogen-bond donors (Lipinski definition) is 0. The van der Waals surface area contributed by atoms with Crippen LogP contribution in [-0.2, 0) is 0 Å². The maximum absolute atomic E-state index is 12.6. The Morgan fingerprint density at radius 1 is 1.55 bits per heavy atom. The van der Waals surface area contributed by atoms with Crippen LogP contribution in [0, 0.1) is 0 Å². The van der Waals surface area contributed by atoms with Gasteiger partial charge in [-0.25, -0.2) is 0 Å². The average Bonchev–Trinajstić information content (AvgIpc) is 3.16. The van der Waals surface area contributed by atoms with Crippen LogP contribution in [-0.4, -0.2) is 28.6 Å². The number of nitrogens with zero attached hydrogens (tertiary/aromatic N) is 2. The van der Waals surface area contributed by atoms with Crippen molar-refractivity contribution in [1.82, 2.24) is 10.1 Å². The molecule has 0 N–H and O–H groups in total. The number of hydrogen-bond acceptors (Lipinski definition) is 4. The van der Waals surface area contributed by atoms with E-state index in [-0.39, 0.29) is 5.91 Å². The van der Waals surface area contributed by atoms with Gasteiger partial charge in [-0.2, -0.15) is 0 Å². The number of likely N-dealkylation sites (tertiary alicyclic amines) is 1. The number of carbonyl (C=O) groups excluding carboxylic acids is 1. The number of rotatable bonds is 3. The molecule has 1 fully saturated rings. The van der Waals surface area contributed by atoms with E-state index in [0.717, 1.165) is 30.7 Å². The lowest BCUT2D eigenvalue weighted by Gasteiger charge is -2.34. The lowest BCUT2D eigenvalue weighted by Crippen LogP contribution is -2.43. The van der Waals surface area contributed by atoms with E-state index in [1.54, 1.807) is 17.4 Å². The molecule has 1 amide bonds. The van der Waals surface area contributed by atoms with E-state index in [2.05, 4.69) is 12.1 Å². The molecule has 5 heteroatoms. The molecule has 1 aliphatic heterocycles. The normalized spacial score (nSPS) is 19.2. The minimum atomic E-state index is 0.00288. The summed E-state index contributed by atoms with van der Waals surface area (Å²) in [5.74, 6) is 0.677. The van der Waals surface area contributed by atoms with Crippen LogP contribution < -0.4 is 0 Å². The van der Waals surface area contributed by atoms with Gasteiger partial charge in [-0.3, -0.25) is 4.79 Å². The maximum atomic E-state index is 12.6. The molecule has 1 aliphatic rings. The van der Waals surface area contributed by atoms with Crippen molar-refractivity contribution in [3.8, 4) is 10.6 Å². The molecule has 4 nitrogen and oxygen atoms in total. The van der Waals surface area contributed by atoms with Crippen molar-refractivity contribution in [3.63, 3.8) is 0 Å². The zero-order valence-corrected chi connectivity index (χ0v) is 12.4. The summed E-state index contributed by atoms with van der Waals surface area (Å²) in [5.41, 5.74) is 0.425. The third-order valence-corrected chi connectivity index (χ3v) is 4.74. The minimum Gasteiger partial charge on any atom is -0.355 e. The Bertz CT molecular complexity index is 576. The highest BCUT2D eigenvalue weighted by molar-refractivity contribution is 7.13. The first-order chi connectivity index (χ1) is 9.79. The van der Waals surface area contributed by atoms with Crippen molar-refractivity contribution in [2.45, 2.75) is 38.6 Å². The molecule has 20 heavy (non-hydrogen) atoms. The van der Waals surface area contributed by atoms with Crippen molar-refractivity contribution in [1.29, 1.82) is 0 Å². The first-order valence-corrected chi connectivity index (χ1v) is 7.99. The Kier molecular flexibility index (Phi) is 3.87. The summed E-state index contributed by atoms with van der Waals surface area (Å²) in [4.78, 5) is 15.5.